The second kappa shape index (κ2) is 6.54. The number of hydrogen-bond donors (Lipinski definition) is 2. The van der Waals surface area contributed by atoms with E-state index in [-0.39, 0.29) is 13.0 Å². The second-order valence-electron chi connectivity index (χ2n) is 6.26. The number of rotatable bonds is 4. The number of carboxylic acids is 1. The maximum Gasteiger partial charge on any atom is 0.408 e. The molecule has 0 spiro atoms. The lowest BCUT2D eigenvalue weighted by molar-refractivity contribution is -0.141. The van der Waals surface area contributed by atoms with Crippen molar-refractivity contribution >= 4 is 33.6 Å². The maximum absolute atomic E-state index is 11.3. The normalized spacial score (nSPS) is 19.5. The molecule has 1 aliphatic rings. The maximum atomic E-state index is 11.3. The van der Waals surface area contributed by atoms with Crippen LogP contribution < -0.4 is 4.74 Å². The summed E-state index contributed by atoms with van der Waals surface area (Å²) in [7, 11) is 1.91. The van der Waals surface area contributed by atoms with Gasteiger partial charge in [-0.2, -0.15) is 0 Å². The second-order valence-corrected chi connectivity index (χ2v) is 7.31. The van der Waals surface area contributed by atoms with Gasteiger partial charge in [0.05, 0.1) is 21.6 Å². The molecule has 9 nitrogen and oxygen atoms in total. The molecule has 1 saturated heterocycles. The molecule has 2 unspecified atom stereocenters. The molecule has 3 aromatic rings. The van der Waals surface area contributed by atoms with Crippen LogP contribution in [0.5, 0.6) is 5.75 Å². The van der Waals surface area contributed by atoms with Crippen LogP contribution in [0.15, 0.2) is 30.7 Å². The molecule has 0 aliphatic carbocycles. The van der Waals surface area contributed by atoms with E-state index in [2.05, 4.69) is 9.97 Å². The van der Waals surface area contributed by atoms with Gasteiger partial charge >= 0.3 is 12.1 Å². The Morgan fingerprint density at radius 3 is 2.74 bits per heavy atom. The molecule has 0 radical (unpaired) electrons. The van der Waals surface area contributed by atoms with Gasteiger partial charge in [-0.15, -0.1) is 11.3 Å². The standard InChI is InChI=1S/C17H16N4O5S/c1-20-5-4-19-15(20)13-7-10-14(27-13)12(2-3-18-10)26-9-6-11(16(22)23)21(8-9)17(24)25/h2-5,7,9,11H,6,8H2,1H3,(H,22,23)(H,24,25). The third-order valence-electron chi connectivity index (χ3n) is 4.50. The van der Waals surface area contributed by atoms with E-state index >= 15 is 0 Å². The molecule has 2 atom stereocenters. The van der Waals surface area contributed by atoms with Crippen LogP contribution in [0.25, 0.3) is 20.9 Å². The van der Waals surface area contributed by atoms with Crippen LogP contribution in [0, 0.1) is 0 Å². The molecule has 1 amide bonds. The van der Waals surface area contributed by atoms with Gasteiger partial charge in [-0.3, -0.25) is 9.88 Å². The van der Waals surface area contributed by atoms with E-state index in [4.69, 9.17) is 4.74 Å². The zero-order chi connectivity index (χ0) is 19.1. The highest BCUT2D eigenvalue weighted by molar-refractivity contribution is 7.22. The van der Waals surface area contributed by atoms with E-state index < -0.39 is 24.2 Å². The van der Waals surface area contributed by atoms with Crippen molar-refractivity contribution in [2.75, 3.05) is 6.54 Å². The van der Waals surface area contributed by atoms with E-state index in [9.17, 15) is 19.8 Å². The fourth-order valence-corrected chi connectivity index (χ4v) is 4.34. The number of nitrogens with zero attached hydrogens (tertiary/aromatic N) is 4. The lowest BCUT2D eigenvalue weighted by Crippen LogP contribution is -2.39. The fourth-order valence-electron chi connectivity index (χ4n) is 3.23. The van der Waals surface area contributed by atoms with Gasteiger partial charge in [-0.1, -0.05) is 0 Å². The predicted molar refractivity (Wildman–Crippen MR) is 97.0 cm³/mol. The number of pyridine rings is 1. The zero-order valence-corrected chi connectivity index (χ0v) is 15.1. The Balaban J connectivity index is 1.63. The lowest BCUT2D eigenvalue weighted by Gasteiger charge is -2.16. The van der Waals surface area contributed by atoms with E-state index in [0.29, 0.717) is 5.75 Å². The number of fused-ring (bicyclic) bond motifs is 1. The number of aromatic nitrogens is 3. The zero-order valence-electron chi connectivity index (χ0n) is 14.3. The van der Waals surface area contributed by atoms with Gasteiger partial charge in [0.2, 0.25) is 0 Å². The molecule has 140 valence electrons. The number of carbonyl (C=O) groups is 2. The topological polar surface area (TPSA) is 118 Å². The highest BCUT2D eigenvalue weighted by Gasteiger charge is 2.41. The molecule has 2 N–H and O–H groups in total. The van der Waals surface area contributed by atoms with Crippen LogP contribution in [-0.4, -0.2) is 60.4 Å². The smallest absolute Gasteiger partial charge is 0.408 e. The summed E-state index contributed by atoms with van der Waals surface area (Å²) in [4.78, 5) is 33.1. The van der Waals surface area contributed by atoms with E-state index in [1.807, 2.05) is 23.9 Å². The first-order chi connectivity index (χ1) is 12.9. The minimum Gasteiger partial charge on any atom is -0.487 e. The highest BCUT2D eigenvalue weighted by Crippen LogP contribution is 2.38. The average Bonchev–Trinajstić information content (AvgIpc) is 3.32. The van der Waals surface area contributed by atoms with Gasteiger partial charge in [-0.05, 0) is 12.1 Å². The van der Waals surface area contributed by atoms with Crippen molar-refractivity contribution in [3.63, 3.8) is 0 Å². The molecule has 27 heavy (non-hydrogen) atoms. The molecule has 3 aromatic heterocycles. The Hall–Kier alpha value is -3.14. The summed E-state index contributed by atoms with van der Waals surface area (Å²) in [5.74, 6) is 0.205. The van der Waals surface area contributed by atoms with Crippen LogP contribution in [0.2, 0.25) is 0 Å². The minimum atomic E-state index is -1.26. The van der Waals surface area contributed by atoms with Crippen LogP contribution in [0.3, 0.4) is 0 Å². The van der Waals surface area contributed by atoms with Gasteiger partial charge in [0.15, 0.2) is 0 Å². The van der Waals surface area contributed by atoms with Gasteiger partial charge in [0.1, 0.15) is 23.7 Å². The largest absolute Gasteiger partial charge is 0.487 e. The molecule has 1 fully saturated rings. The number of amides is 1. The third-order valence-corrected chi connectivity index (χ3v) is 5.64. The molecule has 4 rings (SSSR count). The first-order valence-corrected chi connectivity index (χ1v) is 9.01. The minimum absolute atomic E-state index is 0.00765. The van der Waals surface area contributed by atoms with Gasteiger partial charge in [-0.25, -0.2) is 14.6 Å². The Morgan fingerprint density at radius 1 is 1.30 bits per heavy atom. The molecule has 0 saturated carbocycles. The van der Waals surface area contributed by atoms with E-state index in [0.717, 1.165) is 25.8 Å². The fraction of sp³-hybridized carbons (Fsp3) is 0.294. The highest BCUT2D eigenvalue weighted by atomic mass is 32.1. The van der Waals surface area contributed by atoms with Crippen molar-refractivity contribution in [2.45, 2.75) is 18.6 Å². The predicted octanol–water partition coefficient (Wildman–Crippen LogP) is 2.28. The number of aliphatic carboxylic acids is 1. The van der Waals surface area contributed by atoms with Crippen molar-refractivity contribution < 1.29 is 24.5 Å². The SMILES string of the molecule is Cn1ccnc1-c1cc2nccc(OC3CC(C(=O)O)N(C(=O)O)C3)c2s1. The van der Waals surface area contributed by atoms with Crippen molar-refractivity contribution in [2.24, 2.45) is 7.05 Å². The number of hydrogen-bond acceptors (Lipinski definition) is 6. The number of thiophene rings is 1. The van der Waals surface area contributed by atoms with Gasteiger partial charge in [0.25, 0.3) is 0 Å². The molecule has 0 bridgehead atoms. The molecular weight excluding hydrogens is 372 g/mol. The summed E-state index contributed by atoms with van der Waals surface area (Å²) in [6.45, 7) is 0.00765. The summed E-state index contributed by atoms with van der Waals surface area (Å²) in [6, 6.07) is 2.53. The van der Waals surface area contributed by atoms with Gasteiger partial charge < -0.3 is 19.5 Å². The Labute approximate surface area is 157 Å². The Bertz CT molecular complexity index is 1010. The van der Waals surface area contributed by atoms with Crippen LogP contribution in [0.4, 0.5) is 4.79 Å². The summed E-state index contributed by atoms with van der Waals surface area (Å²) in [5, 5.41) is 18.5. The number of ether oxygens (including phenoxy) is 1. The molecule has 1 aliphatic heterocycles. The summed E-state index contributed by atoms with van der Waals surface area (Å²) in [5.41, 5.74) is 0.748. The first kappa shape index (κ1) is 17.3. The van der Waals surface area contributed by atoms with Crippen LogP contribution in [0.1, 0.15) is 6.42 Å². The number of aryl methyl sites for hydroxylation is 1. The summed E-state index contributed by atoms with van der Waals surface area (Å²) in [6.07, 6.45) is 3.49. The Morgan fingerprint density at radius 2 is 2.11 bits per heavy atom. The molecule has 0 aromatic carbocycles. The third kappa shape index (κ3) is 3.08. The molecule has 10 heteroatoms. The molecule has 4 heterocycles. The van der Waals surface area contributed by atoms with Gasteiger partial charge in [0, 0.05) is 32.1 Å². The van der Waals surface area contributed by atoms with Crippen molar-refractivity contribution in [3.8, 4) is 16.5 Å². The van der Waals surface area contributed by atoms with Crippen LogP contribution in [-0.2, 0) is 11.8 Å². The van der Waals surface area contributed by atoms with E-state index in [1.165, 1.54) is 11.3 Å². The van der Waals surface area contributed by atoms with Crippen molar-refractivity contribution in [1.82, 2.24) is 19.4 Å². The van der Waals surface area contributed by atoms with E-state index in [1.54, 1.807) is 18.5 Å². The first-order valence-electron chi connectivity index (χ1n) is 8.19. The monoisotopic (exact) mass is 388 g/mol. The Kier molecular flexibility index (Phi) is 4.19. The molecular formula is C17H16N4O5S. The summed E-state index contributed by atoms with van der Waals surface area (Å²) < 4.78 is 8.71. The number of likely N-dealkylation sites (tertiary alicyclic amines) is 1. The van der Waals surface area contributed by atoms with Crippen LogP contribution >= 0.6 is 11.3 Å². The number of carboxylic acid groups (broad SMARTS) is 2. The summed E-state index contributed by atoms with van der Waals surface area (Å²) >= 11 is 1.48. The average molecular weight is 388 g/mol. The van der Waals surface area contributed by atoms with Crippen molar-refractivity contribution in [3.05, 3.63) is 30.7 Å². The quantitative estimate of drug-likeness (QED) is 0.704. The lowest BCUT2D eigenvalue weighted by atomic mass is 10.2. The van der Waals surface area contributed by atoms with Crippen molar-refractivity contribution in [1.29, 1.82) is 0 Å². The number of imidazole rings is 1.